The number of ether oxygens (including phenoxy) is 3. The molecule has 0 unspecified atom stereocenters. The van der Waals surface area contributed by atoms with Crippen LogP contribution in [0.4, 0.5) is 4.39 Å². The molecule has 0 radical (unpaired) electrons. The molecule has 0 saturated carbocycles. The number of halogens is 1. The number of rotatable bonds is 5. The summed E-state index contributed by atoms with van der Waals surface area (Å²) in [4.78, 5) is 13.3. The first-order chi connectivity index (χ1) is 15.6. The van der Waals surface area contributed by atoms with Crippen molar-refractivity contribution in [2.45, 2.75) is 20.0 Å². The molecule has 32 heavy (non-hydrogen) atoms. The van der Waals surface area contributed by atoms with Crippen LogP contribution in [0, 0.1) is 5.82 Å². The van der Waals surface area contributed by atoms with Gasteiger partial charge in [-0.2, -0.15) is 0 Å². The zero-order valence-corrected chi connectivity index (χ0v) is 17.5. The van der Waals surface area contributed by atoms with E-state index in [1.54, 1.807) is 42.5 Å². The van der Waals surface area contributed by atoms with Crippen LogP contribution in [-0.4, -0.2) is 13.2 Å². The molecular formula is C26H21FO5. The lowest BCUT2D eigenvalue weighted by molar-refractivity contribution is 0.171. The normalized spacial score (nSPS) is 12.7. The third-order valence-corrected chi connectivity index (χ3v) is 5.53. The van der Waals surface area contributed by atoms with Gasteiger partial charge in [-0.1, -0.05) is 31.2 Å². The van der Waals surface area contributed by atoms with Crippen LogP contribution in [-0.2, 0) is 13.0 Å². The molecule has 2 heterocycles. The Balaban J connectivity index is 1.51. The topological polar surface area (TPSA) is 57.9 Å². The Bertz CT molecular complexity index is 1360. The average Bonchev–Trinajstić information content (AvgIpc) is 2.83. The Kier molecular flexibility index (Phi) is 5.27. The zero-order chi connectivity index (χ0) is 22.1. The summed E-state index contributed by atoms with van der Waals surface area (Å²) in [7, 11) is 0. The highest BCUT2D eigenvalue weighted by molar-refractivity contribution is 5.84. The molecule has 0 aliphatic carbocycles. The van der Waals surface area contributed by atoms with E-state index in [-0.39, 0.29) is 17.9 Å². The van der Waals surface area contributed by atoms with Crippen molar-refractivity contribution in [3.63, 3.8) is 0 Å². The average molecular weight is 432 g/mol. The molecule has 0 fully saturated rings. The van der Waals surface area contributed by atoms with E-state index in [9.17, 15) is 9.18 Å². The van der Waals surface area contributed by atoms with Crippen LogP contribution < -0.4 is 19.6 Å². The summed E-state index contributed by atoms with van der Waals surface area (Å²) in [6.07, 6.45) is 2.10. The summed E-state index contributed by atoms with van der Waals surface area (Å²) < 4.78 is 36.8. The molecule has 5 nitrogen and oxygen atoms in total. The van der Waals surface area contributed by atoms with Gasteiger partial charge in [0.2, 0.25) is 5.43 Å². The van der Waals surface area contributed by atoms with Crippen molar-refractivity contribution in [2.24, 2.45) is 0 Å². The fourth-order valence-corrected chi connectivity index (χ4v) is 3.79. The standard InChI is InChI=1S/C26H21FO5/c1-2-16-11-19-24(13-23(16)31-14-18-5-3-4-6-21(18)27)32-15-20(26(19)28)17-7-8-22-25(12-17)30-10-9-29-22/h3-8,11-13,15H,2,9-10,14H2,1H3. The summed E-state index contributed by atoms with van der Waals surface area (Å²) in [5.41, 5.74) is 2.72. The molecule has 1 aromatic heterocycles. The van der Waals surface area contributed by atoms with E-state index in [1.165, 1.54) is 12.3 Å². The molecule has 3 aromatic carbocycles. The lowest BCUT2D eigenvalue weighted by Crippen LogP contribution is -2.15. The van der Waals surface area contributed by atoms with Gasteiger partial charge in [0.1, 0.15) is 43.2 Å². The summed E-state index contributed by atoms with van der Waals surface area (Å²) in [6.45, 7) is 3.04. The Morgan fingerprint density at radius 2 is 1.78 bits per heavy atom. The van der Waals surface area contributed by atoms with E-state index < -0.39 is 0 Å². The fraction of sp³-hybridized carbons (Fsp3) is 0.192. The summed E-state index contributed by atoms with van der Waals surface area (Å²) in [6, 6.07) is 15.4. The zero-order valence-electron chi connectivity index (χ0n) is 17.5. The maximum absolute atomic E-state index is 13.9. The van der Waals surface area contributed by atoms with Gasteiger partial charge in [0.25, 0.3) is 0 Å². The molecule has 0 bridgehead atoms. The molecule has 162 valence electrons. The Morgan fingerprint density at radius 1 is 0.969 bits per heavy atom. The highest BCUT2D eigenvalue weighted by Crippen LogP contribution is 2.34. The lowest BCUT2D eigenvalue weighted by Gasteiger charge is -2.18. The molecule has 0 N–H and O–H groups in total. The van der Waals surface area contributed by atoms with E-state index in [1.807, 2.05) is 13.0 Å². The predicted octanol–water partition coefficient (Wildman–Crippen LogP) is 5.51. The Morgan fingerprint density at radius 3 is 2.59 bits per heavy atom. The number of aryl methyl sites for hydroxylation is 1. The Labute approximate surface area is 184 Å². The maximum Gasteiger partial charge on any atom is 0.200 e. The highest BCUT2D eigenvalue weighted by atomic mass is 19.1. The van der Waals surface area contributed by atoms with Crippen molar-refractivity contribution < 1.29 is 23.0 Å². The first-order valence-corrected chi connectivity index (χ1v) is 10.5. The number of hydrogen-bond donors (Lipinski definition) is 0. The summed E-state index contributed by atoms with van der Waals surface area (Å²) >= 11 is 0. The second kappa shape index (κ2) is 8.38. The van der Waals surface area contributed by atoms with Crippen LogP contribution in [0.25, 0.3) is 22.1 Å². The number of fused-ring (bicyclic) bond motifs is 2. The molecular weight excluding hydrogens is 411 g/mol. The molecule has 0 spiro atoms. The predicted molar refractivity (Wildman–Crippen MR) is 119 cm³/mol. The van der Waals surface area contributed by atoms with Gasteiger partial charge >= 0.3 is 0 Å². The van der Waals surface area contributed by atoms with Crippen LogP contribution in [0.1, 0.15) is 18.1 Å². The SMILES string of the molecule is CCc1cc2c(=O)c(-c3ccc4c(c3)OCCO4)coc2cc1OCc1ccccc1F. The Hall–Kier alpha value is -3.80. The second-order valence-corrected chi connectivity index (χ2v) is 7.53. The van der Waals surface area contributed by atoms with Crippen LogP contribution >= 0.6 is 0 Å². The number of hydrogen-bond acceptors (Lipinski definition) is 5. The van der Waals surface area contributed by atoms with E-state index in [0.717, 1.165) is 5.56 Å². The van der Waals surface area contributed by atoms with Crippen LogP contribution in [0.15, 0.2) is 70.1 Å². The minimum absolute atomic E-state index is 0.0880. The van der Waals surface area contributed by atoms with Gasteiger partial charge in [0.05, 0.1) is 10.9 Å². The van der Waals surface area contributed by atoms with Crippen molar-refractivity contribution >= 4 is 11.0 Å². The first kappa shape index (κ1) is 20.1. The van der Waals surface area contributed by atoms with Gasteiger partial charge in [0, 0.05) is 11.6 Å². The third kappa shape index (κ3) is 3.68. The molecule has 0 atom stereocenters. The molecule has 1 aliphatic rings. The van der Waals surface area contributed by atoms with Gasteiger partial charge in [-0.05, 0) is 41.8 Å². The van der Waals surface area contributed by atoms with Crippen molar-refractivity contribution in [3.8, 4) is 28.4 Å². The van der Waals surface area contributed by atoms with Crippen LogP contribution in [0.3, 0.4) is 0 Å². The maximum atomic E-state index is 13.9. The first-order valence-electron chi connectivity index (χ1n) is 10.5. The van der Waals surface area contributed by atoms with Gasteiger partial charge in [0.15, 0.2) is 11.5 Å². The minimum Gasteiger partial charge on any atom is -0.488 e. The van der Waals surface area contributed by atoms with Gasteiger partial charge < -0.3 is 18.6 Å². The van der Waals surface area contributed by atoms with E-state index in [2.05, 4.69) is 0 Å². The van der Waals surface area contributed by atoms with E-state index in [4.69, 9.17) is 18.6 Å². The molecule has 0 amide bonds. The van der Waals surface area contributed by atoms with Crippen molar-refractivity contribution in [3.05, 3.63) is 88.0 Å². The molecule has 1 aliphatic heterocycles. The number of benzene rings is 3. The van der Waals surface area contributed by atoms with Gasteiger partial charge in [-0.15, -0.1) is 0 Å². The quantitative estimate of drug-likeness (QED) is 0.416. The van der Waals surface area contributed by atoms with Gasteiger partial charge in [-0.3, -0.25) is 4.79 Å². The molecule has 5 rings (SSSR count). The van der Waals surface area contributed by atoms with Crippen LogP contribution in [0.2, 0.25) is 0 Å². The van der Waals surface area contributed by atoms with E-state index in [0.29, 0.717) is 64.5 Å². The van der Waals surface area contributed by atoms with Crippen molar-refractivity contribution in [1.29, 1.82) is 0 Å². The lowest BCUT2D eigenvalue weighted by atomic mass is 10.0. The van der Waals surface area contributed by atoms with Crippen molar-refractivity contribution in [2.75, 3.05) is 13.2 Å². The molecule has 6 heteroatoms. The van der Waals surface area contributed by atoms with Gasteiger partial charge in [-0.25, -0.2) is 4.39 Å². The fourth-order valence-electron chi connectivity index (χ4n) is 3.79. The van der Waals surface area contributed by atoms with Crippen LogP contribution in [0.5, 0.6) is 17.2 Å². The molecule has 4 aromatic rings. The molecule has 0 saturated heterocycles. The smallest absolute Gasteiger partial charge is 0.200 e. The largest absolute Gasteiger partial charge is 0.488 e. The summed E-state index contributed by atoms with van der Waals surface area (Å²) in [5.74, 6) is 1.52. The summed E-state index contributed by atoms with van der Waals surface area (Å²) in [5, 5.41) is 0.465. The second-order valence-electron chi connectivity index (χ2n) is 7.53. The monoisotopic (exact) mass is 432 g/mol. The third-order valence-electron chi connectivity index (χ3n) is 5.53. The highest BCUT2D eigenvalue weighted by Gasteiger charge is 2.17. The van der Waals surface area contributed by atoms with Crippen molar-refractivity contribution in [1.82, 2.24) is 0 Å². The van der Waals surface area contributed by atoms with E-state index >= 15 is 0 Å². The minimum atomic E-state index is -0.318.